The Morgan fingerprint density at radius 2 is 1.76 bits per heavy atom. The largest absolute Gasteiger partial charge is 0.399 e. The Balaban J connectivity index is 1.64. The fraction of sp³-hybridized carbons (Fsp3) is 0.600. The first-order chi connectivity index (χ1) is 8.36. The lowest BCUT2D eigenvalue weighted by Gasteiger charge is -2.26. The molecule has 0 bridgehead atoms. The van der Waals surface area contributed by atoms with Crippen LogP contribution in [0.1, 0.15) is 37.7 Å². The minimum atomic E-state index is 0.950. The second-order valence-corrected chi connectivity index (χ2v) is 5.06. The highest BCUT2D eigenvalue weighted by Gasteiger charge is 2.08. The maximum absolute atomic E-state index is 5.94. The number of benzene rings is 1. The number of anilines is 1. The molecule has 1 aromatic rings. The lowest BCUT2D eigenvalue weighted by molar-refractivity contribution is 0.225. The van der Waals surface area contributed by atoms with E-state index in [2.05, 4.69) is 17.0 Å². The van der Waals surface area contributed by atoms with E-state index in [-0.39, 0.29) is 0 Å². The summed E-state index contributed by atoms with van der Waals surface area (Å²) in [5, 5.41) is 0. The van der Waals surface area contributed by atoms with E-state index in [1.807, 2.05) is 12.1 Å². The van der Waals surface area contributed by atoms with Gasteiger partial charge in [-0.2, -0.15) is 0 Å². The van der Waals surface area contributed by atoms with Crippen molar-refractivity contribution in [2.75, 3.05) is 25.4 Å². The van der Waals surface area contributed by atoms with Crippen molar-refractivity contribution in [1.82, 2.24) is 4.90 Å². The molecule has 0 unspecified atom stereocenters. The van der Waals surface area contributed by atoms with Gasteiger partial charge in [0.05, 0.1) is 0 Å². The number of hydrogen-bond acceptors (Lipinski definition) is 2. The fourth-order valence-electron chi connectivity index (χ4n) is 2.60. The lowest BCUT2D eigenvalue weighted by Crippen LogP contribution is -2.30. The van der Waals surface area contributed by atoms with Gasteiger partial charge in [-0.1, -0.05) is 24.6 Å². The van der Waals surface area contributed by atoms with Crippen molar-refractivity contribution in [3.8, 4) is 0 Å². The monoisotopic (exact) mass is 232 g/mol. The first-order valence-corrected chi connectivity index (χ1v) is 6.92. The average molecular weight is 232 g/mol. The molecule has 1 fully saturated rings. The third kappa shape index (κ3) is 4.04. The van der Waals surface area contributed by atoms with E-state index in [9.17, 15) is 0 Å². The highest BCUT2D eigenvalue weighted by Crippen LogP contribution is 2.14. The average Bonchev–Trinajstić information content (AvgIpc) is 2.38. The van der Waals surface area contributed by atoms with Gasteiger partial charge in [0, 0.05) is 5.69 Å². The molecule has 0 aromatic heterocycles. The molecular formula is C15H24N2. The van der Waals surface area contributed by atoms with Crippen LogP contribution in [0.2, 0.25) is 0 Å². The predicted molar refractivity (Wildman–Crippen MR) is 74.1 cm³/mol. The minimum absolute atomic E-state index is 0.950. The van der Waals surface area contributed by atoms with Crippen molar-refractivity contribution in [2.45, 2.75) is 38.5 Å². The van der Waals surface area contributed by atoms with E-state index < -0.39 is 0 Å². The first-order valence-electron chi connectivity index (χ1n) is 6.92. The van der Waals surface area contributed by atoms with Crippen molar-refractivity contribution < 1.29 is 0 Å². The zero-order chi connectivity index (χ0) is 11.9. The van der Waals surface area contributed by atoms with E-state index in [4.69, 9.17) is 5.73 Å². The van der Waals surface area contributed by atoms with Gasteiger partial charge in [-0.25, -0.2) is 0 Å². The van der Waals surface area contributed by atoms with Gasteiger partial charge in [-0.05, 0) is 63.4 Å². The summed E-state index contributed by atoms with van der Waals surface area (Å²) in [6.07, 6.45) is 7.90. The number of nitrogens with zero attached hydrogens (tertiary/aromatic N) is 1. The first kappa shape index (κ1) is 12.4. The zero-order valence-corrected chi connectivity index (χ0v) is 10.7. The van der Waals surface area contributed by atoms with Crippen LogP contribution in [0, 0.1) is 0 Å². The number of unbranched alkanes of at least 4 members (excludes halogenated alkanes) is 1. The van der Waals surface area contributed by atoms with E-state index >= 15 is 0 Å². The van der Waals surface area contributed by atoms with Crippen LogP contribution in [0.15, 0.2) is 24.3 Å². The van der Waals surface area contributed by atoms with Gasteiger partial charge in [0.2, 0.25) is 0 Å². The Morgan fingerprint density at radius 1 is 1.00 bits per heavy atom. The number of nitrogen functional groups attached to an aromatic ring is 1. The minimum Gasteiger partial charge on any atom is -0.399 e. The number of piperidine rings is 1. The van der Waals surface area contributed by atoms with Gasteiger partial charge in [0.25, 0.3) is 0 Å². The highest BCUT2D eigenvalue weighted by molar-refractivity contribution is 5.46. The van der Waals surface area contributed by atoms with Gasteiger partial charge in [0.15, 0.2) is 0 Å². The molecule has 1 aliphatic heterocycles. The maximum atomic E-state index is 5.94. The predicted octanol–water partition coefficient (Wildman–Crippen LogP) is 3.08. The van der Waals surface area contributed by atoms with E-state index in [1.54, 1.807) is 0 Å². The second-order valence-electron chi connectivity index (χ2n) is 5.06. The van der Waals surface area contributed by atoms with Crippen molar-refractivity contribution in [3.63, 3.8) is 0 Å². The number of hydrogen-bond donors (Lipinski definition) is 1. The Kier molecular flexibility index (Phi) is 4.87. The summed E-state index contributed by atoms with van der Waals surface area (Å²) in [6, 6.07) is 8.24. The van der Waals surface area contributed by atoms with Crippen LogP contribution < -0.4 is 5.73 Å². The SMILES string of the molecule is Nc1ccccc1CCCCN1CCCCC1. The topological polar surface area (TPSA) is 29.3 Å². The number of rotatable bonds is 5. The summed E-state index contributed by atoms with van der Waals surface area (Å²) < 4.78 is 0. The third-order valence-corrected chi connectivity index (χ3v) is 3.67. The summed E-state index contributed by atoms with van der Waals surface area (Å²) in [5.41, 5.74) is 8.20. The molecule has 2 rings (SSSR count). The number of aryl methyl sites for hydroxylation is 1. The molecular weight excluding hydrogens is 208 g/mol. The third-order valence-electron chi connectivity index (χ3n) is 3.67. The van der Waals surface area contributed by atoms with E-state index in [0.717, 1.165) is 12.1 Å². The van der Waals surface area contributed by atoms with Crippen LogP contribution >= 0.6 is 0 Å². The fourth-order valence-corrected chi connectivity index (χ4v) is 2.60. The van der Waals surface area contributed by atoms with Crippen LogP contribution in [0.25, 0.3) is 0 Å². The summed E-state index contributed by atoms with van der Waals surface area (Å²) in [7, 11) is 0. The molecule has 0 spiro atoms. The molecule has 0 aliphatic carbocycles. The number of nitrogens with two attached hydrogens (primary N) is 1. The van der Waals surface area contributed by atoms with Gasteiger partial charge in [-0.15, -0.1) is 0 Å². The van der Waals surface area contributed by atoms with Crippen LogP contribution in [0.4, 0.5) is 5.69 Å². The summed E-state index contributed by atoms with van der Waals surface area (Å²) in [5.74, 6) is 0. The van der Waals surface area contributed by atoms with Gasteiger partial charge < -0.3 is 10.6 Å². The van der Waals surface area contributed by atoms with Crippen LogP contribution in [-0.2, 0) is 6.42 Å². The lowest BCUT2D eigenvalue weighted by atomic mass is 10.1. The van der Waals surface area contributed by atoms with Gasteiger partial charge in [-0.3, -0.25) is 0 Å². The molecule has 94 valence electrons. The zero-order valence-electron chi connectivity index (χ0n) is 10.7. The molecule has 0 amide bonds. The molecule has 1 aliphatic rings. The molecule has 0 atom stereocenters. The molecule has 2 nitrogen and oxygen atoms in total. The summed E-state index contributed by atoms with van der Waals surface area (Å²) >= 11 is 0. The highest BCUT2D eigenvalue weighted by atomic mass is 15.1. The molecule has 1 heterocycles. The normalized spacial score (nSPS) is 17.2. The Morgan fingerprint density at radius 3 is 2.53 bits per heavy atom. The van der Waals surface area contributed by atoms with E-state index in [0.29, 0.717) is 0 Å². The summed E-state index contributed by atoms with van der Waals surface area (Å²) in [6.45, 7) is 3.90. The van der Waals surface area contributed by atoms with Crippen molar-refractivity contribution in [1.29, 1.82) is 0 Å². The standard InChI is InChI=1S/C15H24N2/c16-15-10-3-2-8-14(15)9-4-7-13-17-11-5-1-6-12-17/h2-3,8,10H,1,4-7,9,11-13,16H2. The van der Waals surface area contributed by atoms with Gasteiger partial charge in [0.1, 0.15) is 0 Å². The van der Waals surface area contributed by atoms with E-state index in [1.165, 1.54) is 57.3 Å². The Hall–Kier alpha value is -1.02. The molecule has 2 heteroatoms. The maximum Gasteiger partial charge on any atom is 0.0346 e. The van der Waals surface area contributed by atoms with Crippen LogP contribution in [0.5, 0.6) is 0 Å². The quantitative estimate of drug-likeness (QED) is 0.624. The number of para-hydroxylation sites is 1. The van der Waals surface area contributed by atoms with Crippen LogP contribution in [-0.4, -0.2) is 24.5 Å². The smallest absolute Gasteiger partial charge is 0.0346 e. The van der Waals surface area contributed by atoms with Crippen LogP contribution in [0.3, 0.4) is 0 Å². The second kappa shape index (κ2) is 6.65. The van der Waals surface area contributed by atoms with Gasteiger partial charge >= 0.3 is 0 Å². The van der Waals surface area contributed by atoms with Crippen molar-refractivity contribution in [3.05, 3.63) is 29.8 Å². The molecule has 17 heavy (non-hydrogen) atoms. The summed E-state index contributed by atoms with van der Waals surface area (Å²) in [4.78, 5) is 2.61. The van der Waals surface area contributed by atoms with Crippen molar-refractivity contribution >= 4 is 5.69 Å². The molecule has 0 saturated carbocycles. The Labute approximate surface area is 105 Å². The Bertz CT molecular complexity index is 329. The molecule has 2 N–H and O–H groups in total. The molecule has 1 aromatic carbocycles. The molecule has 0 radical (unpaired) electrons. The molecule has 1 saturated heterocycles. The number of likely N-dealkylation sites (tertiary alicyclic amines) is 1. The van der Waals surface area contributed by atoms with Crippen molar-refractivity contribution in [2.24, 2.45) is 0 Å².